The summed E-state index contributed by atoms with van der Waals surface area (Å²) in [6.07, 6.45) is 9.42. The maximum atomic E-state index is 6.13. The third-order valence-electron chi connectivity index (χ3n) is 10.6. The van der Waals surface area contributed by atoms with Crippen LogP contribution >= 0.6 is 92.5 Å². The normalized spacial score (nSPS) is 17.7. The number of thiophene rings is 1. The van der Waals surface area contributed by atoms with Crippen LogP contribution in [0.1, 0.15) is 51.4 Å². The summed E-state index contributed by atoms with van der Waals surface area (Å²) >= 11 is 42.7. The molecule has 8 nitrogen and oxygen atoms in total. The maximum absolute atomic E-state index is 6.13. The first kappa shape index (κ1) is 49.3. The van der Waals surface area contributed by atoms with Crippen LogP contribution in [0.5, 0.6) is 22.3 Å². The predicted octanol–water partition coefficient (Wildman–Crippen LogP) is 13.1. The Morgan fingerprint density at radius 2 is 0.903 bits per heavy atom. The number of fused-ring (bicyclic) bond motifs is 1. The maximum Gasteiger partial charge on any atom is 0.196 e. The van der Waals surface area contributed by atoms with Crippen molar-refractivity contribution in [1.82, 2.24) is 21.3 Å². The molecule has 4 N–H and O–H groups in total. The molecule has 16 heteroatoms. The number of piperidine rings is 4. The minimum atomic E-state index is 0.217. The second kappa shape index (κ2) is 26.2. The Morgan fingerprint density at radius 1 is 0.419 bits per heavy atom. The Bertz CT molecular complexity index is 2120. The van der Waals surface area contributed by atoms with Crippen LogP contribution in [0.4, 0.5) is 0 Å². The Labute approximate surface area is 404 Å². The zero-order chi connectivity index (χ0) is 43.7. The van der Waals surface area contributed by atoms with Gasteiger partial charge in [0.25, 0.3) is 0 Å². The van der Waals surface area contributed by atoms with Crippen molar-refractivity contribution in [3.8, 4) is 22.3 Å². The van der Waals surface area contributed by atoms with Gasteiger partial charge in [0.05, 0.1) is 20.1 Å². The molecule has 5 aromatic rings. The second-order valence-electron chi connectivity index (χ2n) is 15.2. The first-order valence-corrected chi connectivity index (χ1v) is 24.6. The molecular formula is C46H53Cl7N4O4S. The van der Waals surface area contributed by atoms with Crippen molar-refractivity contribution in [2.45, 2.75) is 75.8 Å². The smallest absolute Gasteiger partial charge is 0.196 e. The molecule has 0 aliphatic carbocycles. The number of hydrogen-bond donors (Lipinski definition) is 4. The zero-order valence-corrected chi connectivity index (χ0v) is 40.4. The Balaban J connectivity index is 0.000000138. The van der Waals surface area contributed by atoms with Gasteiger partial charge in [0.15, 0.2) is 5.06 Å². The van der Waals surface area contributed by atoms with E-state index in [1.54, 1.807) is 18.2 Å². The number of nitrogens with one attached hydrogen (secondary N) is 4. The van der Waals surface area contributed by atoms with Gasteiger partial charge in [-0.3, -0.25) is 0 Å². The average molecular weight is 1010 g/mol. The van der Waals surface area contributed by atoms with Crippen molar-refractivity contribution < 1.29 is 18.9 Å². The fourth-order valence-electron chi connectivity index (χ4n) is 7.20. The minimum Gasteiger partial charge on any atom is -0.490 e. The van der Waals surface area contributed by atoms with E-state index in [-0.39, 0.29) is 12.2 Å². The molecule has 0 atom stereocenters. The fourth-order valence-corrected chi connectivity index (χ4v) is 9.48. The largest absolute Gasteiger partial charge is 0.490 e. The first-order valence-electron chi connectivity index (χ1n) is 21.1. The third-order valence-corrected chi connectivity index (χ3v) is 14.6. The Kier molecular flexibility index (Phi) is 20.8. The molecular weight excluding hydrogens is 953 g/mol. The van der Waals surface area contributed by atoms with Gasteiger partial charge in [-0.15, -0.1) is 0 Å². The molecule has 0 radical (unpaired) electrons. The standard InChI is InChI=1S/C15H17NO.2C11H13Cl2NO.C9H10Cl3NOS/c1-2-6-14-12(4-1)5-3-7-15(14)17-13-8-10-16-11-9-13;12-10-2-1-9(7-11(10)13)15-8-3-5-14-6-4-8;12-9-2-1-3-10(11(9)13)15-8-4-6-14-7-5-8;10-6-7(11)9(15-8(6)12)14-5-1-3-13-4-2-5/h1-7,13,16H,8-11H2;1-2,7-8,14H,3-6H2;1-3,8,14H,4-7H2;5,13H,1-4H2. The fraction of sp³-hybridized carbons (Fsp3) is 0.435. The summed E-state index contributed by atoms with van der Waals surface area (Å²) < 4.78 is 24.0. The molecule has 62 heavy (non-hydrogen) atoms. The lowest BCUT2D eigenvalue weighted by Gasteiger charge is -2.24. The number of rotatable bonds is 8. The molecule has 4 saturated heterocycles. The van der Waals surface area contributed by atoms with Crippen LogP contribution in [0.15, 0.2) is 78.9 Å². The minimum absolute atomic E-state index is 0.217. The van der Waals surface area contributed by atoms with Crippen LogP contribution in [0.3, 0.4) is 0 Å². The summed E-state index contributed by atoms with van der Waals surface area (Å²) in [6.45, 7) is 8.14. The predicted molar refractivity (Wildman–Crippen MR) is 262 cm³/mol. The lowest BCUT2D eigenvalue weighted by Crippen LogP contribution is -2.34. The van der Waals surface area contributed by atoms with Crippen LogP contribution in [-0.2, 0) is 0 Å². The highest BCUT2D eigenvalue weighted by atomic mass is 35.5. The van der Waals surface area contributed by atoms with Crippen LogP contribution in [0.25, 0.3) is 10.8 Å². The summed E-state index contributed by atoms with van der Waals surface area (Å²) in [7, 11) is 0. The lowest BCUT2D eigenvalue weighted by molar-refractivity contribution is 0.162. The van der Waals surface area contributed by atoms with E-state index < -0.39 is 0 Å². The van der Waals surface area contributed by atoms with E-state index in [0.29, 0.717) is 57.5 Å². The van der Waals surface area contributed by atoms with Crippen LogP contribution in [-0.4, -0.2) is 76.8 Å². The molecule has 0 unspecified atom stereocenters. The number of ether oxygens (including phenoxy) is 4. The van der Waals surface area contributed by atoms with Crippen molar-refractivity contribution in [1.29, 1.82) is 0 Å². The first-order chi connectivity index (χ1) is 30.1. The molecule has 0 saturated carbocycles. The highest BCUT2D eigenvalue weighted by Crippen LogP contribution is 2.46. The van der Waals surface area contributed by atoms with Gasteiger partial charge in [-0.25, -0.2) is 0 Å². The van der Waals surface area contributed by atoms with Crippen LogP contribution in [0, 0.1) is 0 Å². The molecule has 4 fully saturated rings. The molecule has 5 heterocycles. The summed E-state index contributed by atoms with van der Waals surface area (Å²) in [4.78, 5) is 0. The lowest BCUT2D eigenvalue weighted by atomic mass is 10.1. The van der Waals surface area contributed by atoms with Crippen molar-refractivity contribution in [2.75, 3.05) is 52.4 Å². The molecule has 4 aromatic carbocycles. The molecule has 9 rings (SSSR count). The van der Waals surface area contributed by atoms with Gasteiger partial charge in [0.1, 0.15) is 56.0 Å². The third kappa shape index (κ3) is 15.5. The molecule has 0 amide bonds. The Morgan fingerprint density at radius 3 is 1.45 bits per heavy atom. The van der Waals surface area contributed by atoms with Crippen molar-refractivity contribution in [3.63, 3.8) is 0 Å². The highest BCUT2D eigenvalue weighted by molar-refractivity contribution is 7.19. The van der Waals surface area contributed by atoms with Gasteiger partial charge < -0.3 is 40.2 Å². The van der Waals surface area contributed by atoms with E-state index in [0.717, 1.165) is 115 Å². The van der Waals surface area contributed by atoms with Gasteiger partial charge >= 0.3 is 0 Å². The molecule has 0 spiro atoms. The van der Waals surface area contributed by atoms with Crippen molar-refractivity contribution >= 4 is 103 Å². The number of hydrogen-bond acceptors (Lipinski definition) is 9. The molecule has 4 aliphatic heterocycles. The van der Waals surface area contributed by atoms with Gasteiger partial charge in [0, 0.05) is 11.5 Å². The van der Waals surface area contributed by atoms with E-state index in [1.165, 1.54) is 22.1 Å². The van der Waals surface area contributed by atoms with Gasteiger partial charge in [-0.1, -0.05) is 135 Å². The summed E-state index contributed by atoms with van der Waals surface area (Å²) in [5, 5.41) is 19.3. The van der Waals surface area contributed by atoms with E-state index in [4.69, 9.17) is 100 Å². The van der Waals surface area contributed by atoms with Gasteiger partial charge in [0.2, 0.25) is 0 Å². The number of benzene rings is 4. The number of halogens is 7. The van der Waals surface area contributed by atoms with Gasteiger partial charge in [-0.05, 0) is 139 Å². The van der Waals surface area contributed by atoms with Crippen molar-refractivity contribution in [2.24, 2.45) is 0 Å². The van der Waals surface area contributed by atoms with Crippen LogP contribution < -0.4 is 40.2 Å². The molecule has 4 aliphatic rings. The zero-order valence-electron chi connectivity index (χ0n) is 34.3. The topological polar surface area (TPSA) is 85.0 Å². The van der Waals surface area contributed by atoms with E-state index in [1.807, 2.05) is 18.2 Å². The summed E-state index contributed by atoms with van der Waals surface area (Å²) in [6, 6.07) is 25.5. The quantitative estimate of drug-likeness (QED) is 0.122. The van der Waals surface area contributed by atoms with Crippen molar-refractivity contribution in [3.05, 3.63) is 113 Å². The van der Waals surface area contributed by atoms with Gasteiger partial charge in [-0.2, -0.15) is 0 Å². The molecule has 0 bridgehead atoms. The van der Waals surface area contributed by atoms with E-state index in [2.05, 4.69) is 63.7 Å². The monoisotopic (exact) mass is 1000 g/mol. The van der Waals surface area contributed by atoms with E-state index in [9.17, 15) is 0 Å². The highest BCUT2D eigenvalue weighted by Gasteiger charge is 2.21. The molecule has 1 aromatic heterocycles. The van der Waals surface area contributed by atoms with E-state index >= 15 is 0 Å². The summed E-state index contributed by atoms with van der Waals surface area (Å²) in [5.41, 5.74) is 0. The SMILES string of the molecule is Clc1ccc(OC2CCNCC2)cc1Cl.Clc1cccc(OC2CCNCC2)c1Cl.Clc1sc(OC2CCNCC2)c(Cl)c1Cl.c1ccc2c(OC3CCNCC3)cccc2c1. The summed E-state index contributed by atoms with van der Waals surface area (Å²) in [5.74, 6) is 2.52. The average Bonchev–Trinajstić information content (AvgIpc) is 3.54. The Hall–Kier alpha value is -2.09. The van der Waals surface area contributed by atoms with Crippen LogP contribution in [0.2, 0.25) is 34.5 Å². The second-order valence-corrected chi connectivity index (χ2v) is 19.1. The molecule has 336 valence electrons.